The first-order valence-corrected chi connectivity index (χ1v) is 9.51. The average molecular weight is 398 g/mol. The molecule has 2 aromatic carbocycles. The van der Waals surface area contributed by atoms with Crippen molar-refractivity contribution in [2.45, 2.75) is 13.8 Å². The molecule has 0 unspecified atom stereocenters. The Bertz CT molecular complexity index is 1240. The van der Waals surface area contributed by atoms with Gasteiger partial charge >= 0.3 is 0 Å². The van der Waals surface area contributed by atoms with Crippen molar-refractivity contribution >= 4 is 33.2 Å². The molecule has 0 saturated carbocycles. The zero-order valence-corrected chi connectivity index (χ0v) is 16.2. The fourth-order valence-corrected chi connectivity index (χ4v) is 4.60. The number of rotatable bonds is 2. The fraction of sp³-hybridized carbons (Fsp3) is 0.0952. The summed E-state index contributed by atoms with van der Waals surface area (Å²) in [5, 5.41) is 21.9. The first-order valence-electron chi connectivity index (χ1n) is 8.31. The number of halogens is 1. The van der Waals surface area contributed by atoms with E-state index in [9.17, 15) is 15.0 Å². The van der Waals surface area contributed by atoms with Crippen LogP contribution < -0.4 is 5.56 Å². The second-order valence-electron chi connectivity index (χ2n) is 6.45. The van der Waals surface area contributed by atoms with Crippen molar-refractivity contribution in [2.24, 2.45) is 0 Å². The summed E-state index contributed by atoms with van der Waals surface area (Å²) in [6.45, 7) is 3.85. The van der Waals surface area contributed by atoms with E-state index in [1.165, 1.54) is 0 Å². The highest BCUT2D eigenvalue weighted by atomic mass is 35.5. The second-order valence-corrected chi connectivity index (χ2v) is 8.07. The van der Waals surface area contributed by atoms with Crippen LogP contribution in [0.1, 0.15) is 11.1 Å². The maximum Gasteiger partial charge on any atom is 0.260 e. The summed E-state index contributed by atoms with van der Waals surface area (Å²) in [6.07, 6.45) is 0. The molecule has 2 heterocycles. The van der Waals surface area contributed by atoms with E-state index >= 15 is 0 Å². The van der Waals surface area contributed by atoms with Crippen LogP contribution in [0.15, 0.2) is 47.3 Å². The summed E-state index contributed by atoms with van der Waals surface area (Å²) >= 11 is 7.63. The topological polar surface area (TPSA) is 73.3 Å². The normalized spacial score (nSPS) is 11.2. The summed E-state index contributed by atoms with van der Waals surface area (Å²) in [6, 6.07) is 12.5. The van der Waals surface area contributed by atoms with Gasteiger partial charge in [0, 0.05) is 11.1 Å². The number of aryl methyl sites for hydroxylation is 2. The Morgan fingerprint density at radius 3 is 2.37 bits per heavy atom. The number of hydrogen-bond donors (Lipinski definition) is 3. The van der Waals surface area contributed by atoms with Crippen LogP contribution in [0.2, 0.25) is 4.34 Å². The number of pyridine rings is 1. The van der Waals surface area contributed by atoms with Crippen molar-refractivity contribution in [1.82, 2.24) is 4.98 Å². The molecule has 0 radical (unpaired) electrons. The Morgan fingerprint density at radius 2 is 1.67 bits per heavy atom. The zero-order valence-electron chi connectivity index (χ0n) is 14.6. The largest absolute Gasteiger partial charge is 0.507 e. The third-order valence-corrected chi connectivity index (χ3v) is 6.05. The lowest BCUT2D eigenvalue weighted by Gasteiger charge is -2.11. The van der Waals surface area contributed by atoms with Crippen molar-refractivity contribution in [3.05, 3.63) is 68.3 Å². The number of aromatic amines is 1. The van der Waals surface area contributed by atoms with Gasteiger partial charge in [-0.25, -0.2) is 0 Å². The van der Waals surface area contributed by atoms with E-state index < -0.39 is 0 Å². The minimum atomic E-state index is -0.389. The van der Waals surface area contributed by atoms with Gasteiger partial charge in [-0.15, -0.1) is 11.3 Å². The molecule has 0 aliphatic carbocycles. The van der Waals surface area contributed by atoms with Gasteiger partial charge in [0.25, 0.3) is 5.56 Å². The van der Waals surface area contributed by atoms with Crippen molar-refractivity contribution in [1.29, 1.82) is 0 Å². The molecule has 4 aromatic rings. The van der Waals surface area contributed by atoms with E-state index in [4.69, 9.17) is 11.6 Å². The van der Waals surface area contributed by atoms with Crippen LogP contribution in [0, 0.1) is 13.8 Å². The minimum absolute atomic E-state index is 0.0755. The van der Waals surface area contributed by atoms with Gasteiger partial charge in [-0.2, -0.15) is 0 Å². The van der Waals surface area contributed by atoms with Gasteiger partial charge in [0.2, 0.25) is 0 Å². The molecule has 0 fully saturated rings. The molecule has 0 amide bonds. The average Bonchev–Trinajstić information content (AvgIpc) is 2.95. The molecular weight excluding hydrogens is 382 g/mol. The third-order valence-electron chi connectivity index (χ3n) is 4.74. The number of aromatic hydroxyl groups is 2. The lowest BCUT2D eigenvalue weighted by Crippen LogP contribution is -2.08. The smallest absolute Gasteiger partial charge is 0.260 e. The highest BCUT2D eigenvalue weighted by molar-refractivity contribution is 7.23. The summed E-state index contributed by atoms with van der Waals surface area (Å²) < 4.78 is 0.389. The van der Waals surface area contributed by atoms with Crippen molar-refractivity contribution in [3.8, 4) is 33.8 Å². The number of H-pyrrole nitrogens is 1. The molecule has 0 spiro atoms. The van der Waals surface area contributed by atoms with Crippen molar-refractivity contribution < 1.29 is 10.2 Å². The van der Waals surface area contributed by atoms with Gasteiger partial charge in [-0.1, -0.05) is 41.9 Å². The molecule has 3 N–H and O–H groups in total. The Kier molecular flexibility index (Phi) is 4.21. The molecule has 2 aromatic heterocycles. The number of hydrogen-bond acceptors (Lipinski definition) is 4. The van der Waals surface area contributed by atoms with Gasteiger partial charge in [0.05, 0.1) is 10.9 Å². The molecule has 27 heavy (non-hydrogen) atoms. The second kappa shape index (κ2) is 6.44. The molecule has 0 saturated heterocycles. The highest BCUT2D eigenvalue weighted by Gasteiger charge is 2.23. The Labute approximate surface area is 164 Å². The van der Waals surface area contributed by atoms with Crippen LogP contribution >= 0.6 is 22.9 Å². The number of phenols is 1. The summed E-state index contributed by atoms with van der Waals surface area (Å²) in [5.74, 6) is -0.0673. The fourth-order valence-electron chi connectivity index (χ4n) is 3.23. The van der Waals surface area contributed by atoms with Crippen LogP contribution in [0.5, 0.6) is 11.5 Å². The molecule has 4 rings (SSSR count). The van der Waals surface area contributed by atoms with Gasteiger partial charge < -0.3 is 15.2 Å². The van der Waals surface area contributed by atoms with E-state index in [1.54, 1.807) is 30.3 Å². The lowest BCUT2D eigenvalue weighted by molar-refractivity contribution is 0.476. The van der Waals surface area contributed by atoms with Crippen LogP contribution in [0.4, 0.5) is 0 Å². The van der Waals surface area contributed by atoms with E-state index in [2.05, 4.69) is 4.98 Å². The molecule has 0 atom stereocenters. The first-order chi connectivity index (χ1) is 12.9. The van der Waals surface area contributed by atoms with Gasteiger partial charge in [0.15, 0.2) is 0 Å². The Morgan fingerprint density at radius 1 is 1.00 bits per heavy atom. The van der Waals surface area contributed by atoms with E-state index in [1.807, 2.05) is 26.0 Å². The Hall–Kier alpha value is -2.76. The Balaban J connectivity index is 2.11. The number of phenolic OH excluding ortho intramolecular Hbond substituents is 1. The first kappa shape index (κ1) is 17.6. The maximum atomic E-state index is 12.6. The van der Waals surface area contributed by atoms with Crippen LogP contribution in [0.25, 0.3) is 32.5 Å². The number of aromatic nitrogens is 1. The molecular formula is C21H16ClNO3S. The standard InChI is InChI=1S/C21H16ClNO3S/c1-10-8-13(14(24)9-11(10)2)16-17-18(25)15(12-6-4-3-5-7-12)20(26)23-21(17)27-19(16)22/h3-9,24H,1-2H3,(H2,23,25,26). The molecule has 136 valence electrons. The lowest BCUT2D eigenvalue weighted by atomic mass is 9.97. The van der Waals surface area contributed by atoms with Crippen molar-refractivity contribution in [2.75, 3.05) is 0 Å². The van der Waals surface area contributed by atoms with Crippen molar-refractivity contribution in [3.63, 3.8) is 0 Å². The summed E-state index contributed by atoms with van der Waals surface area (Å²) in [4.78, 5) is 15.9. The van der Waals surface area contributed by atoms with E-state index in [0.717, 1.165) is 22.5 Å². The van der Waals surface area contributed by atoms with E-state index in [-0.39, 0.29) is 22.6 Å². The quantitative estimate of drug-likeness (QED) is 0.412. The number of thiophene rings is 1. The van der Waals surface area contributed by atoms with E-state index in [0.29, 0.717) is 31.2 Å². The van der Waals surface area contributed by atoms with Crippen LogP contribution in [-0.4, -0.2) is 15.2 Å². The molecule has 0 aliphatic rings. The predicted molar refractivity (Wildman–Crippen MR) is 111 cm³/mol. The summed E-state index contributed by atoms with van der Waals surface area (Å²) in [5.41, 5.74) is 3.39. The predicted octanol–water partition coefficient (Wildman–Crippen LogP) is 5.61. The number of fused-ring (bicyclic) bond motifs is 1. The SMILES string of the molecule is Cc1cc(O)c(-c2c(Cl)sc3[nH]c(=O)c(-c4ccccc4)c(O)c23)cc1C. The zero-order chi connectivity index (χ0) is 19.3. The highest BCUT2D eigenvalue weighted by Crippen LogP contribution is 2.49. The maximum absolute atomic E-state index is 12.6. The minimum Gasteiger partial charge on any atom is -0.507 e. The third kappa shape index (κ3) is 2.80. The van der Waals surface area contributed by atoms with Crippen LogP contribution in [-0.2, 0) is 0 Å². The molecule has 4 nitrogen and oxygen atoms in total. The van der Waals surface area contributed by atoms with Gasteiger partial charge in [-0.05, 0) is 42.7 Å². The number of nitrogens with one attached hydrogen (secondary N) is 1. The van der Waals surface area contributed by atoms with Gasteiger partial charge in [0.1, 0.15) is 20.7 Å². The molecule has 0 bridgehead atoms. The monoisotopic (exact) mass is 397 g/mol. The van der Waals surface area contributed by atoms with Crippen LogP contribution in [0.3, 0.4) is 0 Å². The summed E-state index contributed by atoms with van der Waals surface area (Å²) in [7, 11) is 0. The van der Waals surface area contributed by atoms with Gasteiger partial charge in [-0.3, -0.25) is 4.79 Å². The molecule has 0 aliphatic heterocycles. The molecule has 6 heteroatoms. The number of benzene rings is 2.